The largest absolute Gasteiger partial charge is 0.416 e. The van der Waals surface area contributed by atoms with Crippen LogP contribution in [0, 0.1) is 13.8 Å². The topological polar surface area (TPSA) is 107 Å². The Morgan fingerprint density at radius 2 is 2.04 bits per heavy atom. The van der Waals surface area contributed by atoms with Crippen LogP contribution in [0.3, 0.4) is 0 Å². The molecular weight excluding hydrogens is 352 g/mol. The minimum atomic E-state index is -0.209. The summed E-state index contributed by atoms with van der Waals surface area (Å²) in [5, 5.41) is 10.9. The molecule has 0 spiro atoms. The van der Waals surface area contributed by atoms with Crippen LogP contribution in [0.15, 0.2) is 40.4 Å². The van der Waals surface area contributed by atoms with Gasteiger partial charge in [-0.3, -0.25) is 9.78 Å². The minimum Gasteiger partial charge on any atom is -0.416 e. The number of aromatic nitrogens is 5. The van der Waals surface area contributed by atoms with Gasteiger partial charge in [-0.1, -0.05) is 11.8 Å². The second kappa shape index (κ2) is 8.05. The Morgan fingerprint density at radius 1 is 1.27 bits per heavy atom. The second-order valence-electron chi connectivity index (χ2n) is 5.64. The van der Waals surface area contributed by atoms with Crippen LogP contribution in [-0.4, -0.2) is 36.8 Å². The minimum absolute atomic E-state index is 0.129. The lowest BCUT2D eigenvalue weighted by molar-refractivity contribution is -0.119. The molecule has 0 unspecified atom stereocenters. The predicted molar refractivity (Wildman–Crippen MR) is 96.3 cm³/mol. The van der Waals surface area contributed by atoms with Gasteiger partial charge in [-0.05, 0) is 26.0 Å². The van der Waals surface area contributed by atoms with Crippen molar-refractivity contribution in [2.24, 2.45) is 0 Å². The Hall–Kier alpha value is -2.81. The molecule has 0 aliphatic carbocycles. The van der Waals surface area contributed by atoms with E-state index < -0.39 is 0 Å². The highest BCUT2D eigenvalue weighted by Crippen LogP contribution is 2.20. The number of carbonyl (C=O) groups is 1. The third kappa shape index (κ3) is 4.42. The van der Waals surface area contributed by atoms with Crippen LogP contribution < -0.4 is 5.32 Å². The van der Waals surface area contributed by atoms with E-state index in [0.717, 1.165) is 16.8 Å². The molecule has 134 valence electrons. The number of carbonyl (C=O) groups excluding carboxylic acids is 1. The number of amides is 1. The van der Waals surface area contributed by atoms with Gasteiger partial charge in [-0.25, -0.2) is 9.97 Å². The maximum absolute atomic E-state index is 12.1. The lowest BCUT2D eigenvalue weighted by Gasteiger charge is -2.16. The normalized spacial score (nSPS) is 12.0. The van der Waals surface area contributed by atoms with Crippen molar-refractivity contribution in [1.82, 2.24) is 30.5 Å². The van der Waals surface area contributed by atoms with Crippen LogP contribution in [0.25, 0.3) is 11.4 Å². The molecule has 3 heterocycles. The van der Waals surface area contributed by atoms with E-state index in [-0.39, 0.29) is 17.7 Å². The Bertz CT molecular complexity index is 899. The van der Waals surface area contributed by atoms with E-state index in [0.29, 0.717) is 16.9 Å². The van der Waals surface area contributed by atoms with Crippen molar-refractivity contribution >= 4 is 17.7 Å². The zero-order valence-corrected chi connectivity index (χ0v) is 15.4. The molecule has 9 heteroatoms. The lowest BCUT2D eigenvalue weighted by atomic mass is 10.1. The summed E-state index contributed by atoms with van der Waals surface area (Å²) in [6, 6.07) is 3.51. The molecular formula is C17H18N6O2S. The molecule has 0 aromatic carbocycles. The summed E-state index contributed by atoms with van der Waals surface area (Å²) in [7, 11) is 0. The van der Waals surface area contributed by atoms with Gasteiger partial charge in [0.15, 0.2) is 5.82 Å². The van der Waals surface area contributed by atoms with E-state index in [9.17, 15) is 4.79 Å². The average Bonchev–Trinajstić information content (AvgIpc) is 3.06. The van der Waals surface area contributed by atoms with Crippen molar-refractivity contribution < 1.29 is 9.21 Å². The van der Waals surface area contributed by atoms with Crippen LogP contribution in [-0.2, 0) is 4.79 Å². The van der Waals surface area contributed by atoms with Gasteiger partial charge < -0.3 is 9.73 Å². The van der Waals surface area contributed by atoms with Gasteiger partial charge in [0.05, 0.1) is 11.8 Å². The molecule has 26 heavy (non-hydrogen) atoms. The lowest BCUT2D eigenvalue weighted by Crippen LogP contribution is -2.29. The van der Waals surface area contributed by atoms with E-state index >= 15 is 0 Å². The van der Waals surface area contributed by atoms with E-state index in [4.69, 9.17) is 4.42 Å². The molecule has 3 aromatic rings. The fourth-order valence-corrected chi connectivity index (χ4v) is 2.98. The fourth-order valence-electron chi connectivity index (χ4n) is 2.37. The highest BCUT2D eigenvalue weighted by atomic mass is 32.2. The molecule has 0 fully saturated rings. The van der Waals surface area contributed by atoms with Crippen LogP contribution in [0.5, 0.6) is 0 Å². The van der Waals surface area contributed by atoms with Crippen LogP contribution >= 0.6 is 11.8 Å². The highest BCUT2D eigenvalue weighted by molar-refractivity contribution is 7.99. The molecule has 1 amide bonds. The summed E-state index contributed by atoms with van der Waals surface area (Å²) in [5.41, 5.74) is 2.59. The van der Waals surface area contributed by atoms with Crippen molar-refractivity contribution in [3.63, 3.8) is 0 Å². The average molecular weight is 370 g/mol. The third-order valence-corrected chi connectivity index (χ3v) is 4.45. The molecule has 8 nitrogen and oxygen atoms in total. The maximum atomic E-state index is 12.1. The van der Waals surface area contributed by atoms with Crippen molar-refractivity contribution in [3.8, 4) is 11.4 Å². The first kappa shape index (κ1) is 18.0. The Kier molecular flexibility index (Phi) is 5.57. The Labute approximate surface area is 154 Å². The number of nitrogens with one attached hydrogen (secondary N) is 1. The van der Waals surface area contributed by atoms with Crippen LogP contribution in [0.1, 0.15) is 30.1 Å². The Balaban J connectivity index is 1.62. The van der Waals surface area contributed by atoms with Gasteiger partial charge in [0.25, 0.3) is 5.22 Å². The second-order valence-corrected chi connectivity index (χ2v) is 6.56. The monoisotopic (exact) mass is 370 g/mol. The Morgan fingerprint density at radius 3 is 2.69 bits per heavy atom. The van der Waals surface area contributed by atoms with Crippen molar-refractivity contribution in [2.45, 2.75) is 32.0 Å². The zero-order valence-electron chi connectivity index (χ0n) is 14.6. The first-order valence-electron chi connectivity index (χ1n) is 7.99. The van der Waals surface area contributed by atoms with E-state index in [1.165, 1.54) is 11.8 Å². The third-order valence-electron chi connectivity index (χ3n) is 3.63. The summed E-state index contributed by atoms with van der Waals surface area (Å²) in [6.45, 7) is 5.51. The first-order chi connectivity index (χ1) is 12.5. The first-order valence-corrected chi connectivity index (χ1v) is 8.97. The standard InChI is InChI=1S/C17H18N6O2S/c1-10(20-15(24)9-26-17-23-22-12(3)25-17)14-8-19-16(21-11(14)2)13-4-6-18-7-5-13/h4-8,10H,9H2,1-3H3,(H,20,24)/t10-/m0/s1. The van der Waals surface area contributed by atoms with E-state index in [1.54, 1.807) is 25.5 Å². The summed E-state index contributed by atoms with van der Waals surface area (Å²) < 4.78 is 5.23. The van der Waals surface area contributed by atoms with Gasteiger partial charge in [-0.15, -0.1) is 10.2 Å². The molecule has 0 radical (unpaired) electrons. The number of hydrogen-bond acceptors (Lipinski definition) is 8. The smallest absolute Gasteiger partial charge is 0.277 e. The van der Waals surface area contributed by atoms with Crippen molar-refractivity contribution in [2.75, 3.05) is 5.75 Å². The highest BCUT2D eigenvalue weighted by Gasteiger charge is 2.15. The molecule has 0 aliphatic heterocycles. The molecule has 0 bridgehead atoms. The zero-order chi connectivity index (χ0) is 18.5. The number of pyridine rings is 1. The number of rotatable bonds is 6. The van der Waals surface area contributed by atoms with Crippen molar-refractivity contribution in [3.05, 3.63) is 47.9 Å². The number of hydrogen-bond donors (Lipinski definition) is 1. The van der Waals surface area contributed by atoms with Crippen molar-refractivity contribution in [1.29, 1.82) is 0 Å². The van der Waals surface area contributed by atoms with Gasteiger partial charge >= 0.3 is 0 Å². The molecule has 3 aromatic heterocycles. The van der Waals surface area contributed by atoms with Gasteiger partial charge in [-0.2, -0.15) is 0 Å². The fraction of sp³-hybridized carbons (Fsp3) is 0.294. The number of nitrogens with zero attached hydrogens (tertiary/aromatic N) is 5. The molecule has 0 saturated heterocycles. The summed E-state index contributed by atoms with van der Waals surface area (Å²) in [5.74, 6) is 1.18. The summed E-state index contributed by atoms with van der Waals surface area (Å²) in [6.07, 6.45) is 5.15. The van der Waals surface area contributed by atoms with Gasteiger partial charge in [0.2, 0.25) is 11.8 Å². The molecule has 3 rings (SSSR count). The number of thioether (sulfide) groups is 1. The molecule has 0 saturated carbocycles. The number of aryl methyl sites for hydroxylation is 2. The molecule has 1 N–H and O–H groups in total. The maximum Gasteiger partial charge on any atom is 0.277 e. The molecule has 1 atom stereocenters. The summed E-state index contributed by atoms with van der Waals surface area (Å²) in [4.78, 5) is 25.1. The molecule has 0 aliphatic rings. The predicted octanol–water partition coefficient (Wildman–Crippen LogP) is 2.51. The SMILES string of the molecule is Cc1nnc(SCC(=O)N[C@@H](C)c2cnc(-c3ccncc3)nc2C)o1. The van der Waals surface area contributed by atoms with Crippen LogP contribution in [0.2, 0.25) is 0 Å². The van der Waals surface area contributed by atoms with E-state index in [1.807, 2.05) is 26.0 Å². The van der Waals surface area contributed by atoms with Gasteiger partial charge in [0, 0.05) is 42.3 Å². The summed E-state index contributed by atoms with van der Waals surface area (Å²) >= 11 is 1.20. The quantitative estimate of drug-likeness (QED) is 0.660. The van der Waals surface area contributed by atoms with Gasteiger partial charge in [0.1, 0.15) is 0 Å². The van der Waals surface area contributed by atoms with E-state index in [2.05, 4.69) is 30.5 Å². The van der Waals surface area contributed by atoms with Crippen LogP contribution in [0.4, 0.5) is 0 Å².